The molecule has 2 aromatic carbocycles. The summed E-state index contributed by atoms with van der Waals surface area (Å²) in [5.41, 5.74) is 2.98. The third kappa shape index (κ3) is 4.14. The Labute approximate surface area is 125 Å². The van der Waals surface area contributed by atoms with Gasteiger partial charge in [-0.3, -0.25) is 4.79 Å². The van der Waals surface area contributed by atoms with Crippen molar-refractivity contribution in [2.45, 2.75) is 24.7 Å². The monoisotopic (exact) mass is 285 g/mol. The maximum atomic E-state index is 12.1. The normalized spacial score (nSPS) is 10.3. The van der Waals surface area contributed by atoms with Gasteiger partial charge in [0.1, 0.15) is 0 Å². The van der Waals surface area contributed by atoms with E-state index in [1.807, 2.05) is 43.3 Å². The van der Waals surface area contributed by atoms with Crippen molar-refractivity contribution in [2.75, 3.05) is 6.54 Å². The summed E-state index contributed by atoms with van der Waals surface area (Å²) in [5.74, 6) is -0.0218. The Hall–Kier alpha value is -1.74. The van der Waals surface area contributed by atoms with Gasteiger partial charge in [0.05, 0.1) is 0 Å². The molecule has 3 heteroatoms. The fourth-order valence-corrected chi connectivity index (χ4v) is 2.29. The first-order valence-electron chi connectivity index (χ1n) is 6.78. The summed E-state index contributed by atoms with van der Waals surface area (Å²) in [5, 5.41) is 2.96. The van der Waals surface area contributed by atoms with E-state index in [2.05, 4.69) is 30.1 Å². The average molecular weight is 285 g/mol. The second kappa shape index (κ2) is 7.15. The van der Waals surface area contributed by atoms with Crippen LogP contribution in [0, 0.1) is 6.92 Å². The molecule has 0 heterocycles. The molecule has 0 saturated heterocycles. The molecule has 0 unspecified atom stereocenters. The van der Waals surface area contributed by atoms with Crippen LogP contribution in [0.5, 0.6) is 0 Å². The molecule has 0 atom stereocenters. The topological polar surface area (TPSA) is 29.1 Å². The lowest BCUT2D eigenvalue weighted by Crippen LogP contribution is -2.25. The number of carbonyl (C=O) groups excluding carboxylic acids is 1. The van der Waals surface area contributed by atoms with Crippen LogP contribution >= 0.6 is 12.6 Å². The zero-order valence-corrected chi connectivity index (χ0v) is 12.5. The van der Waals surface area contributed by atoms with Gasteiger partial charge in [0.15, 0.2) is 0 Å². The van der Waals surface area contributed by atoms with E-state index in [-0.39, 0.29) is 5.91 Å². The summed E-state index contributed by atoms with van der Waals surface area (Å²) in [6.07, 6.45) is 1.92. The molecule has 20 heavy (non-hydrogen) atoms. The van der Waals surface area contributed by atoms with Gasteiger partial charge >= 0.3 is 0 Å². The third-order valence-corrected chi connectivity index (χ3v) is 3.51. The highest BCUT2D eigenvalue weighted by Crippen LogP contribution is 2.13. The van der Waals surface area contributed by atoms with Gasteiger partial charge in [0.2, 0.25) is 0 Å². The molecule has 0 saturated carbocycles. The molecule has 0 fully saturated rings. The van der Waals surface area contributed by atoms with Crippen LogP contribution in [-0.2, 0) is 6.42 Å². The molecule has 0 aliphatic carbocycles. The largest absolute Gasteiger partial charge is 0.352 e. The molecule has 0 bridgehead atoms. The lowest BCUT2D eigenvalue weighted by Gasteiger charge is -2.08. The predicted molar refractivity (Wildman–Crippen MR) is 85.5 cm³/mol. The molecule has 1 N–H and O–H groups in total. The zero-order chi connectivity index (χ0) is 14.4. The van der Waals surface area contributed by atoms with Crippen LogP contribution in [0.2, 0.25) is 0 Å². The van der Waals surface area contributed by atoms with E-state index >= 15 is 0 Å². The van der Waals surface area contributed by atoms with Crippen molar-refractivity contribution < 1.29 is 4.79 Å². The van der Waals surface area contributed by atoms with Crippen LogP contribution in [-0.4, -0.2) is 12.5 Å². The van der Waals surface area contributed by atoms with E-state index in [1.165, 1.54) is 5.56 Å². The molecule has 0 aliphatic heterocycles. The second-order valence-corrected chi connectivity index (χ2v) is 5.36. The van der Waals surface area contributed by atoms with E-state index < -0.39 is 0 Å². The number of benzene rings is 2. The highest BCUT2D eigenvalue weighted by atomic mass is 32.1. The minimum atomic E-state index is -0.0218. The Morgan fingerprint density at radius 2 is 1.90 bits per heavy atom. The van der Waals surface area contributed by atoms with Gasteiger partial charge in [-0.05, 0) is 43.0 Å². The number of amides is 1. The van der Waals surface area contributed by atoms with Crippen LogP contribution < -0.4 is 5.32 Å². The van der Waals surface area contributed by atoms with E-state index in [0.29, 0.717) is 12.1 Å². The van der Waals surface area contributed by atoms with Crippen LogP contribution in [0.1, 0.15) is 27.9 Å². The first kappa shape index (κ1) is 14.7. The molecule has 0 aliphatic rings. The van der Waals surface area contributed by atoms with Gasteiger partial charge in [-0.15, -0.1) is 12.6 Å². The van der Waals surface area contributed by atoms with Crippen LogP contribution in [0.3, 0.4) is 0 Å². The Morgan fingerprint density at radius 3 is 2.65 bits per heavy atom. The number of rotatable bonds is 5. The van der Waals surface area contributed by atoms with Crippen molar-refractivity contribution in [1.82, 2.24) is 5.32 Å². The lowest BCUT2D eigenvalue weighted by molar-refractivity contribution is 0.0952. The number of carbonyl (C=O) groups is 1. The Balaban J connectivity index is 1.82. The van der Waals surface area contributed by atoms with E-state index in [9.17, 15) is 4.79 Å². The van der Waals surface area contributed by atoms with Gasteiger partial charge in [-0.25, -0.2) is 0 Å². The number of hydrogen-bond acceptors (Lipinski definition) is 2. The highest BCUT2D eigenvalue weighted by molar-refractivity contribution is 7.80. The Kier molecular flexibility index (Phi) is 5.24. The average Bonchev–Trinajstić information content (AvgIpc) is 2.47. The summed E-state index contributed by atoms with van der Waals surface area (Å²) >= 11 is 4.27. The number of nitrogens with one attached hydrogen (secondary N) is 1. The Morgan fingerprint density at radius 1 is 1.15 bits per heavy atom. The van der Waals surface area contributed by atoms with Crippen molar-refractivity contribution in [3.63, 3.8) is 0 Å². The van der Waals surface area contributed by atoms with Crippen molar-refractivity contribution in [2.24, 2.45) is 0 Å². The quantitative estimate of drug-likeness (QED) is 0.637. The first-order chi connectivity index (χ1) is 9.66. The van der Waals surface area contributed by atoms with Gasteiger partial charge in [-0.1, -0.05) is 36.4 Å². The van der Waals surface area contributed by atoms with E-state index in [1.54, 1.807) is 0 Å². The van der Waals surface area contributed by atoms with Crippen molar-refractivity contribution >= 4 is 18.5 Å². The van der Waals surface area contributed by atoms with Crippen LogP contribution in [0.15, 0.2) is 53.4 Å². The van der Waals surface area contributed by atoms with Crippen molar-refractivity contribution in [1.29, 1.82) is 0 Å². The molecule has 2 rings (SSSR count). The van der Waals surface area contributed by atoms with E-state index in [4.69, 9.17) is 0 Å². The molecule has 0 spiro atoms. The molecule has 104 valence electrons. The molecule has 0 aromatic heterocycles. The summed E-state index contributed by atoms with van der Waals surface area (Å²) in [7, 11) is 0. The summed E-state index contributed by atoms with van der Waals surface area (Å²) in [4.78, 5) is 12.9. The molecular formula is C17H19NOS. The van der Waals surface area contributed by atoms with E-state index in [0.717, 1.165) is 23.3 Å². The number of thiol groups is 1. The molecular weight excluding hydrogens is 266 g/mol. The molecule has 1 amide bonds. The fourth-order valence-electron chi connectivity index (χ4n) is 2.09. The SMILES string of the molecule is Cc1ccc(S)cc1C(=O)NCCCc1ccccc1. The molecule has 0 radical (unpaired) electrons. The van der Waals surface area contributed by atoms with Crippen LogP contribution in [0.4, 0.5) is 0 Å². The van der Waals surface area contributed by atoms with Crippen molar-refractivity contribution in [3.05, 3.63) is 65.2 Å². The maximum absolute atomic E-state index is 12.1. The third-order valence-electron chi connectivity index (χ3n) is 3.24. The van der Waals surface area contributed by atoms with Gasteiger partial charge < -0.3 is 5.32 Å². The molecule has 2 nitrogen and oxygen atoms in total. The van der Waals surface area contributed by atoms with Gasteiger partial charge in [0, 0.05) is 17.0 Å². The highest BCUT2D eigenvalue weighted by Gasteiger charge is 2.08. The standard InChI is InChI=1S/C17H19NOS/c1-13-9-10-15(20)12-16(13)17(19)18-11-5-8-14-6-3-2-4-7-14/h2-4,6-7,9-10,12,20H,5,8,11H2,1H3,(H,18,19). The zero-order valence-electron chi connectivity index (χ0n) is 11.6. The molecule has 2 aromatic rings. The second-order valence-electron chi connectivity index (χ2n) is 4.84. The van der Waals surface area contributed by atoms with Crippen molar-refractivity contribution in [3.8, 4) is 0 Å². The number of aryl methyl sites for hydroxylation is 2. The Bertz CT molecular complexity index is 581. The maximum Gasteiger partial charge on any atom is 0.251 e. The van der Waals surface area contributed by atoms with Gasteiger partial charge in [-0.2, -0.15) is 0 Å². The summed E-state index contributed by atoms with van der Waals surface area (Å²) in [6.45, 7) is 2.62. The fraction of sp³-hybridized carbons (Fsp3) is 0.235. The van der Waals surface area contributed by atoms with Gasteiger partial charge in [0.25, 0.3) is 5.91 Å². The minimum absolute atomic E-state index is 0.0218. The minimum Gasteiger partial charge on any atom is -0.352 e. The lowest BCUT2D eigenvalue weighted by atomic mass is 10.1. The predicted octanol–water partition coefficient (Wildman–Crippen LogP) is 3.65. The summed E-state index contributed by atoms with van der Waals surface area (Å²) < 4.78 is 0. The van der Waals surface area contributed by atoms with Crippen LogP contribution in [0.25, 0.3) is 0 Å². The summed E-state index contributed by atoms with van der Waals surface area (Å²) in [6, 6.07) is 15.9. The number of hydrogen-bond donors (Lipinski definition) is 2. The smallest absolute Gasteiger partial charge is 0.251 e. The first-order valence-corrected chi connectivity index (χ1v) is 7.23.